The largest absolute Gasteiger partial charge is 0.393 e. The highest BCUT2D eigenvalue weighted by Crippen LogP contribution is 2.45. The number of ketones is 4. The molecule has 0 atom stereocenters. The van der Waals surface area contributed by atoms with Gasteiger partial charge in [-0.2, -0.15) is 20.4 Å². The molecule has 12 aromatic rings. The van der Waals surface area contributed by atoms with Crippen LogP contribution < -0.4 is 43.5 Å². The van der Waals surface area contributed by atoms with Crippen LogP contribution in [-0.4, -0.2) is 151 Å². The van der Waals surface area contributed by atoms with Crippen LogP contribution >= 0.6 is 0 Å². The Kier molecular flexibility index (Phi) is 27.1. The molecule has 137 heavy (non-hydrogen) atoms. The molecule has 4 fully saturated rings. The van der Waals surface area contributed by atoms with Gasteiger partial charge in [-0.05, 0) is 298 Å². The first-order valence-corrected chi connectivity index (χ1v) is 50.0. The van der Waals surface area contributed by atoms with Gasteiger partial charge in [0, 0.05) is 95.4 Å². The predicted octanol–water partition coefficient (Wildman–Crippen LogP) is 18.5. The third-order valence-electron chi connectivity index (χ3n) is 29.6. The lowest BCUT2D eigenvalue weighted by Gasteiger charge is -2.29. The van der Waals surface area contributed by atoms with Gasteiger partial charge in [-0.3, -0.25) is 38.4 Å². The minimum atomic E-state index is -0.243. The van der Waals surface area contributed by atoms with Crippen LogP contribution in [0.4, 0.5) is 22.7 Å². The fraction of sp³-hybridized carbons (Fsp3) is 0.523. The molecular weight excluding hydrogens is 1730 g/mol. The van der Waals surface area contributed by atoms with Gasteiger partial charge in [-0.1, -0.05) is 89.5 Å². The zero-order chi connectivity index (χ0) is 97.7. The Morgan fingerprint density at radius 3 is 0.869 bits per heavy atom. The summed E-state index contributed by atoms with van der Waals surface area (Å²) in [6, 6.07) is 24.9. The Morgan fingerprint density at radius 1 is 0.336 bits per heavy atom. The molecular formula is C109H138N16O12. The van der Waals surface area contributed by atoms with Gasteiger partial charge in [0.15, 0.2) is 23.1 Å². The summed E-state index contributed by atoms with van der Waals surface area (Å²) in [5, 5.41) is 79.3. The SMILES string of the molecule is CCCc1cc2cc(-n3nc(C)c4c3CC(C)(C)CC4=O)cc(NC3CCC(O)CC3)c2c(=O)[nH]1.CCc1cc2cc(-n3nc(C)c4c3CC(C)(C)CC4=O)cc(NC3CCC(O)CC3)c2c(=O)[nH]1.Cc1cc2cc(-n3nc(C)c4c3CC(C)(C)CC4=O)cc(NC3CCC(O)CC3)c2c(=O)[nH]1.Cc1nn(-c2cc(NC3CCC(O)CC3)c3c(=O)[nH]c(C(C)C)cc3c2)c2c1C(=O)CC(C)(C)C2. The number of carbonyl (C=O) groups is 4. The lowest BCUT2D eigenvalue weighted by molar-refractivity contribution is 0.0900. The second-order valence-corrected chi connectivity index (χ2v) is 44.3. The van der Waals surface area contributed by atoms with Crippen molar-refractivity contribution in [2.24, 2.45) is 21.7 Å². The van der Waals surface area contributed by atoms with E-state index in [1.807, 2.05) is 121 Å². The van der Waals surface area contributed by atoms with E-state index in [-0.39, 0.29) is 122 Å². The van der Waals surface area contributed by atoms with Crippen molar-refractivity contribution in [2.75, 3.05) is 21.3 Å². The lowest BCUT2D eigenvalue weighted by Crippen LogP contribution is -2.29. The van der Waals surface area contributed by atoms with Crippen LogP contribution in [0.1, 0.15) is 334 Å². The zero-order valence-corrected chi connectivity index (χ0v) is 82.8. The molecule has 0 bridgehead atoms. The van der Waals surface area contributed by atoms with Crippen LogP contribution in [0.2, 0.25) is 0 Å². The van der Waals surface area contributed by atoms with Crippen LogP contribution in [0, 0.1) is 56.3 Å². The smallest absolute Gasteiger partial charge is 0.258 e. The minimum Gasteiger partial charge on any atom is -0.393 e. The zero-order valence-electron chi connectivity index (χ0n) is 82.8. The quantitative estimate of drug-likeness (QED) is 0.0427. The Bertz CT molecular complexity index is 6990. The number of nitrogens with zero attached hydrogens (tertiary/aromatic N) is 8. The van der Waals surface area contributed by atoms with Gasteiger partial charge >= 0.3 is 0 Å². The van der Waals surface area contributed by atoms with Gasteiger partial charge in [-0.15, -0.1) is 0 Å². The number of benzene rings is 4. The topological polar surface area (TPSA) is 400 Å². The van der Waals surface area contributed by atoms with Crippen LogP contribution in [0.5, 0.6) is 0 Å². The number of aliphatic hydroxyl groups excluding tert-OH is 4. The average Bonchev–Trinajstić information content (AvgIpc) is 1.66. The third kappa shape index (κ3) is 20.5. The van der Waals surface area contributed by atoms with Gasteiger partial charge in [0.25, 0.3) is 22.2 Å². The highest BCUT2D eigenvalue weighted by atomic mass is 16.3. The van der Waals surface area contributed by atoms with Crippen LogP contribution in [0.15, 0.2) is 92.0 Å². The Balaban J connectivity index is 0.000000127. The fourth-order valence-corrected chi connectivity index (χ4v) is 22.9. The van der Waals surface area contributed by atoms with E-state index in [1.165, 1.54) is 0 Å². The van der Waals surface area contributed by atoms with Gasteiger partial charge < -0.3 is 61.6 Å². The van der Waals surface area contributed by atoms with Crippen LogP contribution in [-0.2, 0) is 38.5 Å². The number of hydrogen-bond acceptors (Lipinski definition) is 20. The second kappa shape index (κ2) is 38.2. The van der Waals surface area contributed by atoms with E-state index in [4.69, 9.17) is 20.4 Å². The number of hydrogen-bond donors (Lipinski definition) is 12. The predicted molar refractivity (Wildman–Crippen MR) is 541 cm³/mol. The van der Waals surface area contributed by atoms with Crippen molar-refractivity contribution in [3.63, 3.8) is 0 Å². The molecule has 0 radical (unpaired) electrons. The van der Waals surface area contributed by atoms with Crippen molar-refractivity contribution >= 4 is 89.0 Å². The number of Topliss-reactive ketones (excluding diaryl/α,β-unsaturated/α-hetero) is 4. The van der Waals surface area contributed by atoms with Crippen molar-refractivity contribution in [1.82, 2.24) is 59.1 Å². The highest BCUT2D eigenvalue weighted by molar-refractivity contribution is 6.04. The maximum Gasteiger partial charge on any atom is 0.258 e. The number of aromatic nitrogens is 12. The first-order chi connectivity index (χ1) is 64.9. The number of fused-ring (bicyclic) bond motifs is 8. The molecule has 0 spiro atoms. The van der Waals surface area contributed by atoms with Gasteiger partial charge in [0.05, 0.1) is 137 Å². The molecule has 8 aliphatic carbocycles. The van der Waals surface area contributed by atoms with E-state index in [0.717, 1.165) is 305 Å². The van der Waals surface area contributed by atoms with E-state index in [1.54, 1.807) is 0 Å². The van der Waals surface area contributed by atoms with Crippen LogP contribution in [0.3, 0.4) is 0 Å². The molecule has 8 heterocycles. The number of rotatable bonds is 16. The summed E-state index contributed by atoms with van der Waals surface area (Å²) in [5.41, 5.74) is 18.9. The van der Waals surface area contributed by atoms with Crippen molar-refractivity contribution in [2.45, 2.75) is 346 Å². The van der Waals surface area contributed by atoms with Crippen molar-refractivity contribution in [1.29, 1.82) is 0 Å². The summed E-state index contributed by atoms with van der Waals surface area (Å²) in [4.78, 5) is 116. The maximum atomic E-state index is 13.2. The third-order valence-corrected chi connectivity index (χ3v) is 29.6. The maximum absolute atomic E-state index is 13.2. The van der Waals surface area contributed by atoms with E-state index >= 15 is 0 Å². The molecule has 0 amide bonds. The van der Waals surface area contributed by atoms with E-state index in [9.17, 15) is 58.8 Å². The molecule has 726 valence electrons. The Hall–Kier alpha value is -11.7. The second-order valence-electron chi connectivity index (χ2n) is 44.3. The normalized spacial score (nSPS) is 22.1. The van der Waals surface area contributed by atoms with Crippen molar-refractivity contribution in [3.05, 3.63) is 205 Å². The first kappa shape index (κ1) is 96.9. The molecule has 8 aromatic heterocycles. The summed E-state index contributed by atoms with van der Waals surface area (Å²) >= 11 is 0. The Morgan fingerprint density at radius 2 is 0.591 bits per heavy atom. The summed E-state index contributed by atoms with van der Waals surface area (Å²) in [6.45, 7) is 34.7. The molecule has 20 rings (SSSR count). The molecule has 0 aliphatic heterocycles. The standard InChI is InChI=1S/2C28H36N4O3.C27H34N4O3.C26H32N4O3/c1-15(2)21-11-17-10-19(32-23-13-28(4,5)14-24(34)25(23)16(3)31-32)12-22(26(17)27(35)30-21)29-18-6-8-20(33)9-7-18;1-5-6-19-11-17-12-20(32-23-14-28(3,4)15-24(34)25(23)16(2)31-32)13-22(26(17)27(35)30-19)29-18-7-9-21(33)10-8-18;1-5-17-10-16-11-19(31-22-13-27(3,4)14-23(33)24(22)15(2)30-31)12-21(25(16)26(34)29-17)28-18-6-8-20(32)9-7-18;1-14-9-16-10-18(30-21-12-26(3,4)13-22(32)23(21)15(2)29-30)11-20(24(16)25(33)27-14)28-17-5-7-19(31)8-6-17/h10-12,15,18,20,29,33H,6-9,13-14H2,1-5H3,(H,30,35);11-13,18,21,29,33H,5-10,14-15H2,1-4H3,(H,30,35);10-12,18,20,28,32H,5-9,13-14H2,1-4H3,(H,29,34);9-11,17,19,28,31H,5-8,12-13H2,1-4H3,(H,27,33). The number of anilines is 4. The number of aliphatic hydroxyl groups is 4. The van der Waals surface area contributed by atoms with E-state index < -0.39 is 0 Å². The van der Waals surface area contributed by atoms with Crippen molar-refractivity contribution in [3.8, 4) is 22.7 Å². The van der Waals surface area contributed by atoms with Gasteiger partial charge in [-0.25, -0.2) is 18.7 Å². The molecule has 4 saturated carbocycles. The number of aromatic amines is 4. The summed E-state index contributed by atoms with van der Waals surface area (Å²) < 4.78 is 7.63. The lowest BCUT2D eigenvalue weighted by atomic mass is 9.75. The summed E-state index contributed by atoms with van der Waals surface area (Å²) in [7, 11) is 0. The first-order valence-electron chi connectivity index (χ1n) is 50.0. The molecule has 0 saturated heterocycles. The molecule has 8 aliphatic rings. The molecule has 4 aromatic carbocycles. The number of H-pyrrole nitrogens is 4. The monoisotopic (exact) mass is 1860 g/mol. The number of nitrogens with one attached hydrogen (secondary N) is 8. The fourth-order valence-electron chi connectivity index (χ4n) is 22.9. The summed E-state index contributed by atoms with van der Waals surface area (Å²) in [6.07, 6.45) is 19.6. The molecule has 0 unspecified atom stereocenters. The summed E-state index contributed by atoms with van der Waals surface area (Å²) in [5.74, 6) is 0.793. The minimum absolute atomic E-state index is 0.0918. The number of pyridine rings is 4. The number of carbonyl (C=O) groups excluding carboxylic acids is 4. The molecule has 12 N–H and O–H groups in total. The molecule has 28 heteroatoms. The molecule has 28 nitrogen and oxygen atoms in total. The van der Waals surface area contributed by atoms with Gasteiger partial charge in [0.2, 0.25) is 0 Å². The van der Waals surface area contributed by atoms with Crippen LogP contribution in [0.25, 0.3) is 65.8 Å². The Labute approximate surface area is 799 Å². The van der Waals surface area contributed by atoms with E-state index in [0.29, 0.717) is 47.2 Å². The van der Waals surface area contributed by atoms with Gasteiger partial charge in [0.1, 0.15) is 0 Å². The average molecular weight is 1860 g/mol. The van der Waals surface area contributed by atoms with E-state index in [2.05, 4.69) is 129 Å². The highest BCUT2D eigenvalue weighted by Gasteiger charge is 2.42. The number of aryl methyl sites for hydroxylation is 7. The van der Waals surface area contributed by atoms with Crippen molar-refractivity contribution < 1.29 is 39.6 Å².